The zero-order valence-corrected chi connectivity index (χ0v) is 11.9. The Morgan fingerprint density at radius 2 is 0.500 bits per heavy atom. The molecule has 0 aromatic carbocycles. The molecule has 0 saturated heterocycles. The molecule has 82 valence electrons. The second-order valence-electron chi connectivity index (χ2n) is 0.750. The molecule has 14 heavy (non-hydrogen) atoms. The van der Waals surface area contributed by atoms with Crippen LogP contribution < -0.4 is 28.8 Å². The van der Waals surface area contributed by atoms with Crippen molar-refractivity contribution in [3.63, 3.8) is 0 Å². The van der Waals surface area contributed by atoms with Crippen molar-refractivity contribution in [2.75, 3.05) is 0 Å². The quantitative estimate of drug-likeness (QED) is 0.388. The van der Waals surface area contributed by atoms with Crippen molar-refractivity contribution in [1.29, 1.82) is 0 Å². The van der Waals surface area contributed by atoms with Crippen molar-refractivity contribution in [3.05, 3.63) is 0 Å². The van der Waals surface area contributed by atoms with Gasteiger partial charge in [-0.2, -0.15) is 0 Å². The molecule has 2 radical (unpaired) electrons. The van der Waals surface area contributed by atoms with Crippen molar-refractivity contribution >= 4 is 27.5 Å². The van der Waals surface area contributed by atoms with E-state index in [9.17, 15) is 0 Å². The van der Waals surface area contributed by atoms with Crippen LogP contribution in [-0.4, -0.2) is 27.5 Å². The first-order valence-corrected chi connectivity index (χ1v) is 5.51. The predicted molar refractivity (Wildman–Crippen MR) is 19.3 cm³/mol. The van der Waals surface area contributed by atoms with Crippen molar-refractivity contribution in [2.24, 2.45) is 0 Å². The maximum Gasteiger partial charge on any atom is 0.0172 e. The first-order valence-electron chi connectivity index (χ1n) is 1.84. The number of rotatable bonds is 0. The summed E-state index contributed by atoms with van der Waals surface area (Å²) in [5.74, 6) is 0. The molecule has 0 fully saturated rings. The molecule has 0 rings (SSSR count). The summed E-state index contributed by atoms with van der Waals surface area (Å²) >= 11 is 0. The van der Waals surface area contributed by atoms with Gasteiger partial charge < -0.3 is 42.2 Å². The molecule has 0 amide bonds. The molecule has 14 heteroatoms. The van der Waals surface area contributed by atoms with Gasteiger partial charge in [-0.25, -0.2) is 0 Å². The molecule has 0 atom stereocenters. The van der Waals surface area contributed by atoms with Gasteiger partial charge in [-0.1, -0.05) is 0 Å². The Bertz CT molecular complexity index is 116. The van der Waals surface area contributed by atoms with Gasteiger partial charge in [0.1, 0.15) is 0 Å². The Morgan fingerprint density at radius 3 is 0.500 bits per heavy atom. The molecule has 9 nitrogen and oxygen atoms in total. The van der Waals surface area contributed by atoms with E-state index in [1.807, 2.05) is 0 Å². The molecule has 0 spiro atoms. The van der Waals surface area contributed by atoms with E-state index in [1.165, 1.54) is 0 Å². The van der Waals surface area contributed by atoms with Crippen LogP contribution in [0.4, 0.5) is 0 Å². The van der Waals surface area contributed by atoms with Crippen LogP contribution in [-0.2, 0) is 50.5 Å². The third-order valence-corrected chi connectivity index (χ3v) is 0. The second kappa shape index (κ2) is 23.1. The molecule has 0 aliphatic heterocycles. The van der Waals surface area contributed by atoms with E-state index in [0.717, 1.165) is 0 Å². The van der Waals surface area contributed by atoms with Crippen molar-refractivity contribution in [2.45, 2.75) is 0 Å². The van der Waals surface area contributed by atoms with Crippen LogP contribution in [0.3, 0.4) is 0 Å². The largest absolute Gasteiger partial charge is 0.672 e. The predicted octanol–water partition coefficient (Wildman–Crippen LogP) is -8.64. The normalized spacial score (nSPS) is 5.14. The van der Waals surface area contributed by atoms with Gasteiger partial charge in [0, 0.05) is 64.6 Å². The Morgan fingerprint density at radius 1 is 0.500 bits per heavy atom. The van der Waals surface area contributed by atoms with Gasteiger partial charge in [-0.05, 0) is 0 Å². The van der Waals surface area contributed by atoms with Crippen molar-refractivity contribution < 1.29 is 79.3 Å². The van der Waals surface area contributed by atoms with Gasteiger partial charge in [0.15, 0.2) is 0 Å². The number of hydrogen-bond donors (Lipinski definition) is 0. The molecule has 0 aliphatic rings. The molecule has 0 saturated carbocycles. The number of hydrogen-bond acceptors (Lipinski definition) is 9. The molecule has 0 unspecified atom stereocenters. The van der Waals surface area contributed by atoms with E-state index in [4.69, 9.17) is 42.2 Å². The van der Waals surface area contributed by atoms with Gasteiger partial charge in [0.05, 0.1) is 0 Å². The summed E-state index contributed by atoms with van der Waals surface area (Å²) in [5.41, 5.74) is 0. The molecule has 0 heterocycles. The van der Waals surface area contributed by atoms with E-state index in [-0.39, 0.29) is 37.1 Å². The topological polar surface area (TPSA) is 190 Å². The zero-order chi connectivity index (χ0) is 10.7. The summed E-state index contributed by atoms with van der Waals surface area (Å²) in [6.45, 7) is 0. The Balaban J connectivity index is -0.0000000270. The standard InChI is InChI=1S/3O3Si.2V/c3*1-4(2)3;;/q3*-2;;. The van der Waals surface area contributed by atoms with Crippen LogP contribution in [0.5, 0.6) is 0 Å². The van der Waals surface area contributed by atoms with E-state index >= 15 is 0 Å². The Kier molecular flexibility index (Phi) is 48.2. The first kappa shape index (κ1) is 29.2. The molecular formula is O9Si3V2-6. The molecule has 0 aromatic heterocycles. The van der Waals surface area contributed by atoms with E-state index in [0.29, 0.717) is 0 Å². The van der Waals surface area contributed by atoms with Crippen LogP contribution >= 0.6 is 0 Å². The fraction of sp³-hybridized carbons (Fsp3) is 0. The molecule has 0 N–H and O–H groups in total. The van der Waals surface area contributed by atoms with Gasteiger partial charge in [0.2, 0.25) is 0 Å². The minimum Gasteiger partial charge on any atom is -0.672 e. The average Bonchev–Trinajstić information content (AvgIpc) is 1.54. The van der Waals surface area contributed by atoms with Gasteiger partial charge in [-0.3, -0.25) is 0 Å². The third-order valence-electron chi connectivity index (χ3n) is 0. The summed E-state index contributed by atoms with van der Waals surface area (Å²) in [4.78, 5) is 51.1. The fourth-order valence-corrected chi connectivity index (χ4v) is 0. The van der Waals surface area contributed by atoms with E-state index in [2.05, 4.69) is 0 Å². The van der Waals surface area contributed by atoms with Crippen LogP contribution in [0.25, 0.3) is 0 Å². The third kappa shape index (κ3) is 3850000. The van der Waals surface area contributed by atoms with E-state index < -0.39 is 27.5 Å². The monoisotopic (exact) mass is 330 g/mol. The summed E-state index contributed by atoms with van der Waals surface area (Å²) in [6.07, 6.45) is 0. The summed E-state index contributed by atoms with van der Waals surface area (Å²) in [6, 6.07) is 0. The second-order valence-corrected chi connectivity index (χ2v) is 2.25. The molecule has 0 bridgehead atoms. The summed E-state index contributed by atoms with van der Waals surface area (Å²) in [5, 5.41) is 0. The van der Waals surface area contributed by atoms with Crippen LogP contribution in [0, 0.1) is 0 Å². The average molecular weight is 330 g/mol. The van der Waals surface area contributed by atoms with Crippen LogP contribution in [0.2, 0.25) is 0 Å². The minimum absolute atomic E-state index is 0. The minimum atomic E-state index is -3.63. The molecule has 0 aromatic rings. The van der Waals surface area contributed by atoms with E-state index in [1.54, 1.807) is 0 Å². The smallest absolute Gasteiger partial charge is 0.0172 e. The summed E-state index contributed by atoms with van der Waals surface area (Å²) in [7, 11) is -10.9. The van der Waals surface area contributed by atoms with Crippen LogP contribution in [0.1, 0.15) is 0 Å². The SMILES string of the molecule is O=[Si]([O-])[O-].O=[Si]([O-])[O-].O=[Si]([O-])[O-].[V].[V]. The molecule has 0 aliphatic carbocycles. The van der Waals surface area contributed by atoms with Gasteiger partial charge >= 0.3 is 0 Å². The van der Waals surface area contributed by atoms with Gasteiger partial charge in [0.25, 0.3) is 0 Å². The fourth-order valence-electron chi connectivity index (χ4n) is 0. The maximum atomic E-state index is 8.52. The Hall–Kier alpha value is 0.0195. The first-order chi connectivity index (χ1) is 5.20. The van der Waals surface area contributed by atoms with Crippen LogP contribution in [0.15, 0.2) is 0 Å². The zero-order valence-electron chi connectivity index (χ0n) is 6.07. The summed E-state index contributed by atoms with van der Waals surface area (Å²) < 4.78 is 25.6. The van der Waals surface area contributed by atoms with Gasteiger partial charge in [-0.15, -0.1) is 0 Å². The Labute approximate surface area is 107 Å². The van der Waals surface area contributed by atoms with Crippen molar-refractivity contribution in [1.82, 2.24) is 0 Å². The van der Waals surface area contributed by atoms with Crippen molar-refractivity contribution in [3.8, 4) is 0 Å². The molecular weight excluding hydrogens is 330 g/mol. The maximum absolute atomic E-state index is 8.52.